The minimum Gasteiger partial charge on any atom is -0.376 e. The van der Waals surface area contributed by atoms with E-state index < -0.39 is 0 Å². The first kappa shape index (κ1) is 15.8. The van der Waals surface area contributed by atoms with Crippen molar-refractivity contribution in [3.05, 3.63) is 12.7 Å². The molecule has 4 heterocycles. The first-order valence-electron chi connectivity index (χ1n) is 8.86. The molecule has 7 heteroatoms. The monoisotopic (exact) mass is 330 g/mol. The molecule has 0 radical (unpaired) electrons. The van der Waals surface area contributed by atoms with Crippen molar-refractivity contribution in [3.63, 3.8) is 0 Å². The molecule has 1 atom stereocenters. The predicted molar refractivity (Wildman–Crippen MR) is 93.1 cm³/mol. The van der Waals surface area contributed by atoms with E-state index in [1.807, 2.05) is 0 Å². The van der Waals surface area contributed by atoms with E-state index in [2.05, 4.69) is 43.6 Å². The summed E-state index contributed by atoms with van der Waals surface area (Å²) in [6.07, 6.45) is 5.64. The van der Waals surface area contributed by atoms with Crippen molar-refractivity contribution in [2.24, 2.45) is 5.92 Å². The van der Waals surface area contributed by atoms with Crippen molar-refractivity contribution in [2.75, 3.05) is 44.2 Å². The molecule has 2 aromatic rings. The molecule has 0 spiro atoms. The quantitative estimate of drug-likeness (QED) is 0.923. The zero-order chi connectivity index (χ0) is 16.6. The van der Waals surface area contributed by atoms with E-state index in [1.165, 1.54) is 13.0 Å². The van der Waals surface area contributed by atoms with E-state index >= 15 is 0 Å². The Hall–Kier alpha value is -1.73. The zero-order valence-corrected chi connectivity index (χ0v) is 14.5. The van der Waals surface area contributed by atoms with Crippen LogP contribution < -0.4 is 4.90 Å². The van der Waals surface area contributed by atoms with Gasteiger partial charge in [0.05, 0.1) is 11.9 Å². The lowest BCUT2D eigenvalue weighted by Gasteiger charge is -2.40. The summed E-state index contributed by atoms with van der Waals surface area (Å²) in [5.74, 6) is 1.73. The van der Waals surface area contributed by atoms with E-state index in [-0.39, 0.29) is 5.60 Å². The van der Waals surface area contributed by atoms with Gasteiger partial charge >= 0.3 is 0 Å². The summed E-state index contributed by atoms with van der Waals surface area (Å²) in [7, 11) is 0. The number of ether oxygens (including phenoxy) is 1. The van der Waals surface area contributed by atoms with Crippen LogP contribution in [-0.4, -0.2) is 69.8 Å². The lowest BCUT2D eigenvalue weighted by molar-refractivity contribution is -0.0769. The number of rotatable bonds is 3. The molecular weight excluding hydrogens is 304 g/mol. The van der Waals surface area contributed by atoms with Gasteiger partial charge in [-0.15, -0.1) is 0 Å². The van der Waals surface area contributed by atoms with Crippen molar-refractivity contribution >= 4 is 17.0 Å². The maximum absolute atomic E-state index is 5.84. The van der Waals surface area contributed by atoms with Gasteiger partial charge in [-0.1, -0.05) is 0 Å². The Morgan fingerprint density at radius 1 is 1.21 bits per heavy atom. The van der Waals surface area contributed by atoms with E-state index in [0.717, 1.165) is 62.1 Å². The number of nitrogens with one attached hydrogen (secondary N) is 1. The third kappa shape index (κ3) is 3.23. The predicted octanol–water partition coefficient (Wildman–Crippen LogP) is 1.68. The van der Waals surface area contributed by atoms with Crippen LogP contribution in [-0.2, 0) is 4.74 Å². The molecule has 1 unspecified atom stereocenters. The highest BCUT2D eigenvalue weighted by Gasteiger charge is 2.30. The zero-order valence-electron chi connectivity index (χ0n) is 14.5. The van der Waals surface area contributed by atoms with Crippen LogP contribution in [0, 0.1) is 5.92 Å². The number of H-pyrrole nitrogens is 1. The molecule has 2 saturated heterocycles. The highest BCUT2D eigenvalue weighted by atomic mass is 16.5. The van der Waals surface area contributed by atoms with Crippen molar-refractivity contribution in [3.8, 4) is 0 Å². The standard InChI is InChI=1S/C17H26N6O/c1-17(2)9-13(3-8-24-17)10-22-4-6-23(7-5-22)16-14-15(19-11-18-14)20-12-21-16/h11-13H,3-10H2,1-2H3,(H,18,19,20,21). The molecule has 2 aliphatic heterocycles. The third-order valence-corrected chi connectivity index (χ3v) is 5.19. The number of nitrogens with zero attached hydrogens (tertiary/aromatic N) is 5. The Balaban J connectivity index is 1.36. The fourth-order valence-electron chi connectivity index (χ4n) is 4.01. The number of aromatic nitrogens is 4. The molecule has 0 amide bonds. The Labute approximate surface area is 142 Å². The van der Waals surface area contributed by atoms with Gasteiger partial charge in [-0.2, -0.15) is 0 Å². The fraction of sp³-hybridized carbons (Fsp3) is 0.706. The smallest absolute Gasteiger partial charge is 0.182 e. The number of aromatic amines is 1. The van der Waals surface area contributed by atoms with Gasteiger partial charge in [0.15, 0.2) is 11.5 Å². The lowest BCUT2D eigenvalue weighted by atomic mass is 9.88. The number of imidazole rings is 1. The molecule has 2 aromatic heterocycles. The van der Waals surface area contributed by atoms with Crippen molar-refractivity contribution in [1.82, 2.24) is 24.8 Å². The summed E-state index contributed by atoms with van der Waals surface area (Å²) in [6.45, 7) is 10.7. The van der Waals surface area contributed by atoms with Crippen LogP contribution in [0.3, 0.4) is 0 Å². The van der Waals surface area contributed by atoms with Gasteiger partial charge in [0.25, 0.3) is 0 Å². The maximum Gasteiger partial charge on any atom is 0.182 e. The molecule has 4 rings (SSSR count). The number of hydrogen-bond donors (Lipinski definition) is 1. The van der Waals surface area contributed by atoms with Gasteiger partial charge in [-0.05, 0) is 32.6 Å². The van der Waals surface area contributed by atoms with Gasteiger partial charge < -0.3 is 14.6 Å². The SMILES string of the molecule is CC1(C)CC(CN2CCN(c3ncnc4nc[nH]c34)CC2)CCO1. The van der Waals surface area contributed by atoms with Crippen LogP contribution >= 0.6 is 0 Å². The average molecular weight is 330 g/mol. The molecule has 24 heavy (non-hydrogen) atoms. The second-order valence-electron chi connectivity index (χ2n) is 7.55. The van der Waals surface area contributed by atoms with Gasteiger partial charge in [0.2, 0.25) is 0 Å². The molecule has 7 nitrogen and oxygen atoms in total. The van der Waals surface area contributed by atoms with Crippen LogP contribution in [0.4, 0.5) is 5.82 Å². The molecule has 2 fully saturated rings. The van der Waals surface area contributed by atoms with Crippen LogP contribution in [0.15, 0.2) is 12.7 Å². The maximum atomic E-state index is 5.84. The van der Waals surface area contributed by atoms with E-state index in [1.54, 1.807) is 12.7 Å². The van der Waals surface area contributed by atoms with E-state index in [9.17, 15) is 0 Å². The lowest BCUT2D eigenvalue weighted by Crippen LogP contribution is -2.49. The summed E-state index contributed by atoms with van der Waals surface area (Å²) < 4.78 is 5.84. The summed E-state index contributed by atoms with van der Waals surface area (Å²) in [4.78, 5) is 21.0. The average Bonchev–Trinajstić information content (AvgIpc) is 3.03. The largest absolute Gasteiger partial charge is 0.376 e. The summed E-state index contributed by atoms with van der Waals surface area (Å²) in [5.41, 5.74) is 1.72. The Bertz CT molecular complexity index is 691. The Kier molecular flexibility index (Phi) is 4.14. The molecule has 0 bridgehead atoms. The molecule has 130 valence electrons. The minimum absolute atomic E-state index is 0.0396. The Morgan fingerprint density at radius 2 is 2.04 bits per heavy atom. The number of fused-ring (bicyclic) bond motifs is 1. The normalized spacial score (nSPS) is 25.2. The van der Waals surface area contributed by atoms with Gasteiger partial charge in [0, 0.05) is 39.3 Å². The second-order valence-corrected chi connectivity index (χ2v) is 7.55. The van der Waals surface area contributed by atoms with Crippen molar-refractivity contribution in [2.45, 2.75) is 32.3 Å². The number of anilines is 1. The van der Waals surface area contributed by atoms with Gasteiger partial charge in [-0.25, -0.2) is 15.0 Å². The third-order valence-electron chi connectivity index (χ3n) is 5.19. The highest BCUT2D eigenvalue weighted by Crippen LogP contribution is 2.29. The van der Waals surface area contributed by atoms with Crippen LogP contribution in [0.1, 0.15) is 26.7 Å². The first-order chi connectivity index (χ1) is 11.6. The van der Waals surface area contributed by atoms with Gasteiger partial charge in [0.1, 0.15) is 11.8 Å². The topological polar surface area (TPSA) is 70.2 Å². The molecular formula is C17H26N6O. The minimum atomic E-state index is 0.0396. The van der Waals surface area contributed by atoms with Crippen LogP contribution in [0.5, 0.6) is 0 Å². The summed E-state index contributed by atoms with van der Waals surface area (Å²) in [6, 6.07) is 0. The molecule has 1 N–H and O–H groups in total. The Morgan fingerprint density at radius 3 is 2.83 bits per heavy atom. The van der Waals surface area contributed by atoms with Crippen molar-refractivity contribution in [1.29, 1.82) is 0 Å². The van der Waals surface area contributed by atoms with E-state index in [4.69, 9.17) is 4.74 Å². The highest BCUT2D eigenvalue weighted by molar-refractivity contribution is 5.82. The summed E-state index contributed by atoms with van der Waals surface area (Å²) >= 11 is 0. The van der Waals surface area contributed by atoms with E-state index in [0.29, 0.717) is 0 Å². The number of piperazine rings is 1. The number of hydrogen-bond acceptors (Lipinski definition) is 6. The molecule has 0 aliphatic carbocycles. The molecule has 2 aliphatic rings. The summed E-state index contributed by atoms with van der Waals surface area (Å²) in [5, 5.41) is 0. The first-order valence-corrected chi connectivity index (χ1v) is 8.86. The van der Waals surface area contributed by atoms with Crippen molar-refractivity contribution < 1.29 is 4.74 Å². The molecule has 0 saturated carbocycles. The molecule has 0 aromatic carbocycles. The van der Waals surface area contributed by atoms with Crippen LogP contribution in [0.2, 0.25) is 0 Å². The van der Waals surface area contributed by atoms with Gasteiger partial charge in [-0.3, -0.25) is 4.90 Å². The van der Waals surface area contributed by atoms with Crippen LogP contribution in [0.25, 0.3) is 11.2 Å². The fourth-order valence-corrected chi connectivity index (χ4v) is 4.01. The second kappa shape index (κ2) is 6.29.